The first-order valence-electron chi connectivity index (χ1n) is 6.17. The Kier molecular flexibility index (Phi) is 4.45. The van der Waals surface area contributed by atoms with Crippen molar-refractivity contribution in [2.75, 3.05) is 0 Å². The summed E-state index contributed by atoms with van der Waals surface area (Å²) < 4.78 is 1.25. The minimum atomic E-state index is 0.463. The molecule has 3 heteroatoms. The summed E-state index contributed by atoms with van der Waals surface area (Å²) in [6.45, 7) is 4.61. The normalized spacial score (nSPS) is 21.2. The van der Waals surface area contributed by atoms with Crippen LogP contribution in [0.4, 0.5) is 0 Å². The van der Waals surface area contributed by atoms with Gasteiger partial charge in [-0.25, -0.2) is 0 Å². The molecule has 16 heavy (non-hydrogen) atoms. The van der Waals surface area contributed by atoms with Crippen LogP contribution in [0.25, 0.3) is 0 Å². The van der Waals surface area contributed by atoms with Crippen molar-refractivity contribution in [1.29, 1.82) is 0 Å². The molecule has 0 bridgehead atoms. The summed E-state index contributed by atoms with van der Waals surface area (Å²) in [5, 5.41) is 5.90. The highest BCUT2D eigenvalue weighted by Gasteiger charge is 2.23. The number of halogens is 1. The van der Waals surface area contributed by atoms with Crippen molar-refractivity contribution in [3.63, 3.8) is 0 Å². The molecule has 1 heterocycles. The molecule has 1 fully saturated rings. The zero-order valence-electron chi connectivity index (χ0n) is 10.0. The van der Waals surface area contributed by atoms with Gasteiger partial charge in [0.25, 0.3) is 0 Å². The SMILES string of the molecule is CC(NC(C)C1CCCC1)c1sccc1Br. The third kappa shape index (κ3) is 2.88. The number of thiophene rings is 1. The smallest absolute Gasteiger partial charge is 0.0399 e. The molecule has 0 radical (unpaired) electrons. The Morgan fingerprint density at radius 3 is 2.62 bits per heavy atom. The summed E-state index contributed by atoms with van der Waals surface area (Å²) in [7, 11) is 0. The molecule has 0 spiro atoms. The predicted molar refractivity (Wildman–Crippen MR) is 75.0 cm³/mol. The van der Waals surface area contributed by atoms with E-state index in [1.165, 1.54) is 35.0 Å². The largest absolute Gasteiger partial charge is 0.307 e. The topological polar surface area (TPSA) is 12.0 Å². The van der Waals surface area contributed by atoms with Crippen LogP contribution in [0.5, 0.6) is 0 Å². The van der Waals surface area contributed by atoms with E-state index in [-0.39, 0.29) is 0 Å². The second-order valence-electron chi connectivity index (χ2n) is 4.85. The van der Waals surface area contributed by atoms with Crippen LogP contribution in [-0.2, 0) is 0 Å². The van der Waals surface area contributed by atoms with Crippen LogP contribution in [0.2, 0.25) is 0 Å². The fourth-order valence-electron chi connectivity index (χ4n) is 2.68. The first-order chi connectivity index (χ1) is 7.68. The van der Waals surface area contributed by atoms with E-state index in [1.807, 2.05) is 11.3 Å². The number of nitrogens with one attached hydrogen (secondary N) is 1. The summed E-state index contributed by atoms with van der Waals surface area (Å²) >= 11 is 5.44. The first-order valence-corrected chi connectivity index (χ1v) is 7.84. The molecule has 1 aromatic rings. The molecule has 2 rings (SSSR count). The molecule has 1 nitrogen and oxygen atoms in total. The molecule has 1 N–H and O–H groups in total. The number of rotatable bonds is 4. The summed E-state index contributed by atoms with van der Waals surface area (Å²) in [6.07, 6.45) is 5.67. The monoisotopic (exact) mass is 301 g/mol. The van der Waals surface area contributed by atoms with Gasteiger partial charge in [0.15, 0.2) is 0 Å². The molecule has 1 aliphatic rings. The molecule has 2 unspecified atom stereocenters. The van der Waals surface area contributed by atoms with Crippen molar-refractivity contribution >= 4 is 27.3 Å². The maximum atomic E-state index is 3.75. The minimum Gasteiger partial charge on any atom is -0.307 e. The maximum Gasteiger partial charge on any atom is 0.0399 e. The Bertz CT molecular complexity index is 330. The molecule has 2 atom stereocenters. The predicted octanol–water partition coefficient (Wildman–Crippen LogP) is 4.74. The second-order valence-corrected chi connectivity index (χ2v) is 6.66. The van der Waals surface area contributed by atoms with E-state index >= 15 is 0 Å². The third-order valence-electron chi connectivity index (χ3n) is 3.66. The Labute approximate surface area is 111 Å². The van der Waals surface area contributed by atoms with Gasteiger partial charge in [-0.1, -0.05) is 12.8 Å². The molecule has 0 aliphatic heterocycles. The van der Waals surface area contributed by atoms with Crippen LogP contribution in [0.1, 0.15) is 50.4 Å². The Morgan fingerprint density at radius 2 is 2.06 bits per heavy atom. The van der Waals surface area contributed by atoms with Crippen molar-refractivity contribution in [2.45, 2.75) is 51.6 Å². The second kappa shape index (κ2) is 5.65. The molecule has 0 saturated heterocycles. The van der Waals surface area contributed by atoms with Crippen molar-refractivity contribution < 1.29 is 0 Å². The van der Waals surface area contributed by atoms with Crippen molar-refractivity contribution in [2.24, 2.45) is 5.92 Å². The minimum absolute atomic E-state index is 0.463. The van der Waals surface area contributed by atoms with Gasteiger partial charge in [-0.2, -0.15) is 0 Å². The lowest BCUT2D eigenvalue weighted by molar-refractivity contribution is 0.354. The molecule has 1 aliphatic carbocycles. The van der Waals surface area contributed by atoms with Gasteiger partial charge in [-0.05, 0) is 60.0 Å². The van der Waals surface area contributed by atoms with E-state index in [0.29, 0.717) is 12.1 Å². The summed E-state index contributed by atoms with van der Waals surface area (Å²) in [4.78, 5) is 1.42. The van der Waals surface area contributed by atoms with Gasteiger partial charge in [-0.15, -0.1) is 11.3 Å². The summed E-state index contributed by atoms with van der Waals surface area (Å²) in [6, 6.07) is 3.25. The average molecular weight is 302 g/mol. The number of hydrogen-bond donors (Lipinski definition) is 1. The van der Waals surface area contributed by atoms with Crippen LogP contribution < -0.4 is 5.32 Å². The van der Waals surface area contributed by atoms with E-state index in [2.05, 4.69) is 46.5 Å². The van der Waals surface area contributed by atoms with Crippen molar-refractivity contribution in [3.05, 3.63) is 20.8 Å². The van der Waals surface area contributed by atoms with Gasteiger partial charge in [-0.3, -0.25) is 0 Å². The Balaban J connectivity index is 1.91. The quantitative estimate of drug-likeness (QED) is 0.847. The highest BCUT2D eigenvalue weighted by atomic mass is 79.9. The summed E-state index contributed by atoms with van der Waals surface area (Å²) in [5.41, 5.74) is 0. The highest BCUT2D eigenvalue weighted by Crippen LogP contribution is 2.32. The van der Waals surface area contributed by atoms with Crippen molar-refractivity contribution in [3.8, 4) is 0 Å². The fraction of sp³-hybridized carbons (Fsp3) is 0.692. The average Bonchev–Trinajstić information content (AvgIpc) is 2.86. The molecular weight excluding hydrogens is 282 g/mol. The van der Waals surface area contributed by atoms with E-state index in [9.17, 15) is 0 Å². The van der Waals surface area contributed by atoms with E-state index in [4.69, 9.17) is 0 Å². The van der Waals surface area contributed by atoms with Gasteiger partial charge in [0.2, 0.25) is 0 Å². The Morgan fingerprint density at radius 1 is 1.38 bits per heavy atom. The highest BCUT2D eigenvalue weighted by molar-refractivity contribution is 9.10. The van der Waals surface area contributed by atoms with Crippen LogP contribution in [0.15, 0.2) is 15.9 Å². The van der Waals surface area contributed by atoms with Gasteiger partial charge >= 0.3 is 0 Å². The standard InChI is InChI=1S/C13H20BrNS/c1-9(11-5-3-4-6-11)15-10(2)13-12(14)7-8-16-13/h7-11,15H,3-6H2,1-2H3. The lowest BCUT2D eigenvalue weighted by Crippen LogP contribution is -2.34. The molecule has 1 saturated carbocycles. The number of hydrogen-bond acceptors (Lipinski definition) is 2. The zero-order chi connectivity index (χ0) is 11.5. The maximum absolute atomic E-state index is 3.75. The van der Waals surface area contributed by atoms with Crippen molar-refractivity contribution in [1.82, 2.24) is 5.32 Å². The first kappa shape index (κ1) is 12.6. The van der Waals surface area contributed by atoms with Gasteiger partial charge in [0.1, 0.15) is 0 Å². The zero-order valence-corrected chi connectivity index (χ0v) is 12.4. The van der Waals surface area contributed by atoms with Crippen LogP contribution in [-0.4, -0.2) is 6.04 Å². The van der Waals surface area contributed by atoms with E-state index < -0.39 is 0 Å². The van der Waals surface area contributed by atoms with Gasteiger partial charge < -0.3 is 5.32 Å². The molecule has 0 amide bonds. The summed E-state index contributed by atoms with van der Waals surface area (Å²) in [5.74, 6) is 0.890. The fourth-order valence-corrected chi connectivity index (χ4v) is 4.41. The van der Waals surface area contributed by atoms with Crippen LogP contribution >= 0.6 is 27.3 Å². The third-order valence-corrected chi connectivity index (χ3v) is 5.71. The molecule has 90 valence electrons. The van der Waals surface area contributed by atoms with Gasteiger partial charge in [0, 0.05) is 21.4 Å². The lowest BCUT2D eigenvalue weighted by Gasteiger charge is -2.24. The lowest BCUT2D eigenvalue weighted by atomic mass is 9.99. The van der Waals surface area contributed by atoms with E-state index in [1.54, 1.807) is 0 Å². The van der Waals surface area contributed by atoms with E-state index in [0.717, 1.165) is 5.92 Å². The van der Waals surface area contributed by atoms with Crippen LogP contribution in [0.3, 0.4) is 0 Å². The van der Waals surface area contributed by atoms with Gasteiger partial charge in [0.05, 0.1) is 0 Å². The molecule has 0 aromatic carbocycles. The Hall–Kier alpha value is 0.140. The molecule has 1 aromatic heterocycles. The molecular formula is C13H20BrNS. The van der Waals surface area contributed by atoms with Crippen LogP contribution in [0, 0.1) is 5.92 Å².